The van der Waals surface area contributed by atoms with Gasteiger partial charge in [-0.15, -0.1) is 0 Å². The topological polar surface area (TPSA) is 68.2 Å². The molecule has 0 spiro atoms. The van der Waals surface area contributed by atoms with Crippen molar-refractivity contribution in [2.24, 2.45) is 0 Å². The van der Waals surface area contributed by atoms with Gasteiger partial charge in [-0.05, 0) is 64.8 Å². The first kappa shape index (κ1) is 19.4. The van der Waals surface area contributed by atoms with Crippen LogP contribution in [0, 0.1) is 6.92 Å². The standard InChI is InChI=1S/C21H30N4O2/c1-15-7-8-16(19(12-15)27-21(2,3)4)13-23-20(26)18-9-11-25(24-18)17-6-5-10-22-14-17/h7-9,11-12,17,22H,5-6,10,13-14H2,1-4H3,(H,23,26). The van der Waals surface area contributed by atoms with Crippen molar-refractivity contribution in [2.45, 2.75) is 58.7 Å². The highest BCUT2D eigenvalue weighted by Gasteiger charge is 2.19. The summed E-state index contributed by atoms with van der Waals surface area (Å²) in [4.78, 5) is 12.5. The summed E-state index contributed by atoms with van der Waals surface area (Å²) in [5.41, 5.74) is 2.24. The molecular weight excluding hydrogens is 340 g/mol. The number of nitrogens with one attached hydrogen (secondary N) is 2. The van der Waals surface area contributed by atoms with E-state index in [1.807, 2.05) is 56.8 Å². The van der Waals surface area contributed by atoms with Crippen LogP contribution in [0.15, 0.2) is 30.5 Å². The number of nitrogens with zero attached hydrogens (tertiary/aromatic N) is 2. The maximum atomic E-state index is 12.5. The van der Waals surface area contributed by atoms with Gasteiger partial charge in [0.05, 0.1) is 6.04 Å². The number of hydrogen-bond donors (Lipinski definition) is 2. The van der Waals surface area contributed by atoms with Gasteiger partial charge >= 0.3 is 0 Å². The van der Waals surface area contributed by atoms with Gasteiger partial charge in [-0.25, -0.2) is 0 Å². The summed E-state index contributed by atoms with van der Waals surface area (Å²) >= 11 is 0. The molecule has 6 heteroatoms. The van der Waals surface area contributed by atoms with Crippen LogP contribution in [0.5, 0.6) is 5.75 Å². The van der Waals surface area contributed by atoms with Gasteiger partial charge in [-0.1, -0.05) is 12.1 Å². The van der Waals surface area contributed by atoms with Gasteiger partial charge in [-0.2, -0.15) is 5.10 Å². The van der Waals surface area contributed by atoms with Crippen molar-refractivity contribution in [1.82, 2.24) is 20.4 Å². The normalized spacial score (nSPS) is 17.6. The maximum Gasteiger partial charge on any atom is 0.272 e. The van der Waals surface area contributed by atoms with Crippen LogP contribution in [0.4, 0.5) is 0 Å². The molecule has 1 saturated heterocycles. The molecule has 0 aliphatic carbocycles. The van der Waals surface area contributed by atoms with Gasteiger partial charge < -0.3 is 15.4 Å². The van der Waals surface area contributed by atoms with E-state index >= 15 is 0 Å². The van der Waals surface area contributed by atoms with Crippen LogP contribution in [0.1, 0.15) is 61.3 Å². The summed E-state index contributed by atoms with van der Waals surface area (Å²) < 4.78 is 7.96. The minimum Gasteiger partial charge on any atom is -0.488 e. The SMILES string of the molecule is Cc1ccc(CNC(=O)c2ccn(C3CCCNC3)n2)c(OC(C)(C)C)c1. The number of rotatable bonds is 5. The second-order valence-electron chi connectivity index (χ2n) is 8.19. The van der Waals surface area contributed by atoms with Gasteiger partial charge in [-0.3, -0.25) is 9.48 Å². The molecule has 1 atom stereocenters. The minimum atomic E-state index is -0.292. The fraction of sp³-hybridized carbons (Fsp3) is 0.524. The lowest BCUT2D eigenvalue weighted by molar-refractivity contribution is 0.0943. The Morgan fingerprint density at radius 1 is 1.37 bits per heavy atom. The number of ether oxygens (including phenoxy) is 1. The van der Waals surface area contributed by atoms with E-state index in [0.29, 0.717) is 18.3 Å². The van der Waals surface area contributed by atoms with Crippen LogP contribution in [-0.2, 0) is 6.54 Å². The molecule has 3 rings (SSSR count). The van der Waals surface area contributed by atoms with Gasteiger partial charge in [0.2, 0.25) is 0 Å². The Hall–Kier alpha value is -2.34. The number of carbonyl (C=O) groups is 1. The van der Waals surface area contributed by atoms with Crippen molar-refractivity contribution in [3.8, 4) is 5.75 Å². The number of hydrogen-bond acceptors (Lipinski definition) is 4. The van der Waals surface area contributed by atoms with Gasteiger partial charge in [0.15, 0.2) is 0 Å². The maximum absolute atomic E-state index is 12.5. The van der Waals surface area contributed by atoms with Crippen LogP contribution in [0.25, 0.3) is 0 Å². The highest BCUT2D eigenvalue weighted by atomic mass is 16.5. The molecule has 1 fully saturated rings. The lowest BCUT2D eigenvalue weighted by atomic mass is 10.1. The second-order valence-corrected chi connectivity index (χ2v) is 8.19. The molecule has 27 heavy (non-hydrogen) atoms. The average Bonchev–Trinajstić information content (AvgIpc) is 3.10. The van der Waals surface area contributed by atoms with Crippen LogP contribution in [-0.4, -0.2) is 34.4 Å². The van der Waals surface area contributed by atoms with Gasteiger partial charge in [0, 0.05) is 24.8 Å². The molecule has 1 aliphatic rings. The molecule has 1 aliphatic heterocycles. The Kier molecular flexibility index (Phi) is 5.85. The van der Waals surface area contributed by atoms with Crippen LogP contribution < -0.4 is 15.4 Å². The van der Waals surface area contributed by atoms with E-state index in [9.17, 15) is 4.79 Å². The average molecular weight is 370 g/mol. The van der Waals surface area contributed by atoms with Crippen molar-refractivity contribution < 1.29 is 9.53 Å². The van der Waals surface area contributed by atoms with Crippen molar-refractivity contribution in [3.63, 3.8) is 0 Å². The molecule has 2 heterocycles. The predicted octanol–water partition coefficient (Wildman–Crippen LogP) is 3.22. The third-order valence-electron chi connectivity index (χ3n) is 4.56. The first-order valence-corrected chi connectivity index (χ1v) is 9.64. The first-order chi connectivity index (χ1) is 12.8. The summed E-state index contributed by atoms with van der Waals surface area (Å²) in [6, 6.07) is 8.15. The minimum absolute atomic E-state index is 0.167. The van der Waals surface area contributed by atoms with Crippen molar-refractivity contribution in [1.29, 1.82) is 0 Å². The van der Waals surface area contributed by atoms with Crippen molar-refractivity contribution in [3.05, 3.63) is 47.3 Å². The van der Waals surface area contributed by atoms with Crippen LogP contribution >= 0.6 is 0 Å². The summed E-state index contributed by atoms with van der Waals surface area (Å²) in [5.74, 6) is 0.640. The van der Waals surface area contributed by atoms with E-state index < -0.39 is 0 Å². The number of aryl methyl sites for hydroxylation is 1. The van der Waals surface area contributed by atoms with Gasteiger partial charge in [0.1, 0.15) is 17.0 Å². The third-order valence-corrected chi connectivity index (χ3v) is 4.56. The zero-order valence-electron chi connectivity index (χ0n) is 16.7. The molecular formula is C21H30N4O2. The summed E-state index contributed by atoms with van der Waals surface area (Å²) in [7, 11) is 0. The van der Waals surface area contributed by atoms with E-state index in [1.165, 1.54) is 0 Å². The lowest BCUT2D eigenvalue weighted by Gasteiger charge is -2.24. The molecule has 0 bridgehead atoms. The molecule has 1 unspecified atom stereocenters. The molecule has 1 amide bonds. The zero-order valence-corrected chi connectivity index (χ0v) is 16.7. The zero-order chi connectivity index (χ0) is 19.4. The first-order valence-electron chi connectivity index (χ1n) is 9.64. The van der Waals surface area contributed by atoms with Gasteiger partial charge in [0.25, 0.3) is 5.91 Å². The number of piperidine rings is 1. The van der Waals surface area contributed by atoms with E-state index in [2.05, 4.69) is 15.7 Å². The molecule has 146 valence electrons. The Bertz CT molecular complexity index is 786. The van der Waals surface area contributed by atoms with Crippen molar-refractivity contribution >= 4 is 5.91 Å². The van der Waals surface area contributed by atoms with E-state index in [4.69, 9.17) is 4.74 Å². The summed E-state index contributed by atoms with van der Waals surface area (Å²) in [6.45, 7) is 10.5. The fourth-order valence-electron chi connectivity index (χ4n) is 3.22. The molecule has 2 N–H and O–H groups in total. The smallest absolute Gasteiger partial charge is 0.272 e. The summed E-state index contributed by atoms with van der Waals surface area (Å²) in [5, 5.41) is 10.8. The summed E-state index contributed by atoms with van der Waals surface area (Å²) in [6.07, 6.45) is 4.12. The fourth-order valence-corrected chi connectivity index (χ4v) is 3.22. The quantitative estimate of drug-likeness (QED) is 0.848. The number of benzene rings is 1. The lowest BCUT2D eigenvalue weighted by Crippen LogP contribution is -2.32. The Morgan fingerprint density at radius 3 is 2.89 bits per heavy atom. The Morgan fingerprint density at radius 2 is 2.19 bits per heavy atom. The van der Waals surface area contributed by atoms with E-state index in [-0.39, 0.29) is 11.5 Å². The number of aromatic nitrogens is 2. The second kappa shape index (κ2) is 8.13. The van der Waals surface area contributed by atoms with Crippen molar-refractivity contribution in [2.75, 3.05) is 13.1 Å². The van der Waals surface area contributed by atoms with E-state index in [0.717, 1.165) is 42.8 Å². The third kappa shape index (κ3) is 5.32. The van der Waals surface area contributed by atoms with Crippen LogP contribution in [0.2, 0.25) is 0 Å². The molecule has 1 aromatic heterocycles. The highest BCUT2D eigenvalue weighted by molar-refractivity contribution is 5.92. The number of amides is 1. The Labute approximate surface area is 161 Å². The monoisotopic (exact) mass is 370 g/mol. The highest BCUT2D eigenvalue weighted by Crippen LogP contribution is 2.25. The Balaban J connectivity index is 1.65. The molecule has 0 radical (unpaired) electrons. The van der Waals surface area contributed by atoms with Crippen LogP contribution in [0.3, 0.4) is 0 Å². The molecule has 2 aromatic rings. The largest absolute Gasteiger partial charge is 0.488 e. The van der Waals surface area contributed by atoms with E-state index in [1.54, 1.807) is 6.07 Å². The predicted molar refractivity (Wildman–Crippen MR) is 106 cm³/mol. The number of carbonyl (C=O) groups excluding carboxylic acids is 1. The molecule has 6 nitrogen and oxygen atoms in total. The molecule has 0 saturated carbocycles. The molecule has 1 aromatic carbocycles.